The molecule has 7 nitrogen and oxygen atoms in total. The zero-order valence-corrected chi connectivity index (χ0v) is 18.8. The quantitative estimate of drug-likeness (QED) is 0.369. The largest absolute Gasteiger partial charge is 0.459 e. The molecular weight excluding hydrogens is 432 g/mol. The summed E-state index contributed by atoms with van der Waals surface area (Å²) in [7, 11) is 0. The number of hydrogen-bond donors (Lipinski definition) is 1. The standard InChI is InChI=1S/C22H22N4O3S2/c1-3-14(4-2)21-25-26-19(27)12-15(23-22(26)31-21)13-30-18-10-6-5-8-16(18)24-20(28)17-9-7-11-29-17/h5-12,14H,3-4,13H2,1-2H3,(H,24,28). The van der Waals surface area contributed by atoms with Gasteiger partial charge >= 0.3 is 0 Å². The molecule has 0 fully saturated rings. The maximum atomic E-state index is 12.6. The number of fused-ring (bicyclic) bond motifs is 1. The van der Waals surface area contributed by atoms with Crippen molar-refractivity contribution in [1.82, 2.24) is 14.6 Å². The lowest BCUT2D eigenvalue weighted by Gasteiger charge is -2.09. The highest BCUT2D eigenvalue weighted by atomic mass is 32.2. The number of furan rings is 1. The summed E-state index contributed by atoms with van der Waals surface area (Å²) < 4.78 is 6.55. The number of carbonyl (C=O) groups excluding carboxylic acids is 1. The molecule has 160 valence electrons. The Bertz CT molecular complexity index is 1240. The Morgan fingerprint density at radius 2 is 2.03 bits per heavy atom. The van der Waals surface area contributed by atoms with Gasteiger partial charge in [0.05, 0.1) is 17.6 Å². The van der Waals surface area contributed by atoms with Crippen molar-refractivity contribution >= 4 is 39.7 Å². The summed E-state index contributed by atoms with van der Waals surface area (Å²) in [6.07, 6.45) is 3.42. The van der Waals surface area contributed by atoms with E-state index < -0.39 is 0 Å². The van der Waals surface area contributed by atoms with Gasteiger partial charge in [0, 0.05) is 22.6 Å². The minimum absolute atomic E-state index is 0.173. The molecule has 9 heteroatoms. The van der Waals surface area contributed by atoms with Crippen LogP contribution in [0.5, 0.6) is 0 Å². The number of carbonyl (C=O) groups is 1. The zero-order chi connectivity index (χ0) is 21.8. The van der Waals surface area contributed by atoms with Gasteiger partial charge in [-0.25, -0.2) is 4.98 Å². The van der Waals surface area contributed by atoms with E-state index in [1.165, 1.54) is 39.9 Å². The number of nitrogens with one attached hydrogen (secondary N) is 1. The van der Waals surface area contributed by atoms with Crippen LogP contribution in [0.3, 0.4) is 0 Å². The second kappa shape index (κ2) is 9.49. The molecule has 0 saturated carbocycles. The highest BCUT2D eigenvalue weighted by Gasteiger charge is 2.16. The predicted molar refractivity (Wildman–Crippen MR) is 123 cm³/mol. The van der Waals surface area contributed by atoms with Crippen LogP contribution in [-0.4, -0.2) is 20.5 Å². The smallest absolute Gasteiger partial charge is 0.291 e. The van der Waals surface area contributed by atoms with Crippen LogP contribution in [0.1, 0.15) is 53.9 Å². The molecule has 0 radical (unpaired) electrons. The Morgan fingerprint density at radius 1 is 1.23 bits per heavy atom. The van der Waals surface area contributed by atoms with Gasteiger partial charge in [-0.3, -0.25) is 9.59 Å². The molecule has 0 atom stereocenters. The molecule has 0 aliphatic carbocycles. The second-order valence-electron chi connectivity index (χ2n) is 6.95. The van der Waals surface area contributed by atoms with E-state index in [1.54, 1.807) is 12.1 Å². The van der Waals surface area contributed by atoms with Crippen LogP contribution in [0.15, 0.2) is 62.8 Å². The van der Waals surface area contributed by atoms with Crippen LogP contribution in [0.25, 0.3) is 4.96 Å². The van der Waals surface area contributed by atoms with Gasteiger partial charge in [-0.15, -0.1) is 11.8 Å². The highest BCUT2D eigenvalue weighted by molar-refractivity contribution is 7.98. The number of rotatable bonds is 8. The SMILES string of the molecule is CCC(CC)c1nn2c(=O)cc(CSc3ccccc3NC(=O)c3ccco3)nc2s1. The van der Waals surface area contributed by atoms with E-state index in [-0.39, 0.29) is 17.2 Å². The van der Waals surface area contributed by atoms with Gasteiger partial charge in [0.15, 0.2) is 5.76 Å². The van der Waals surface area contributed by atoms with E-state index in [0.29, 0.717) is 28.0 Å². The third-order valence-electron chi connectivity index (χ3n) is 4.90. The van der Waals surface area contributed by atoms with Crippen molar-refractivity contribution < 1.29 is 9.21 Å². The van der Waals surface area contributed by atoms with Crippen molar-refractivity contribution in [3.05, 3.63) is 75.5 Å². The minimum atomic E-state index is -0.311. The molecule has 3 heterocycles. The molecule has 0 saturated heterocycles. The van der Waals surface area contributed by atoms with Gasteiger partial charge in [-0.2, -0.15) is 9.61 Å². The van der Waals surface area contributed by atoms with Crippen molar-refractivity contribution in [3.8, 4) is 0 Å². The summed E-state index contributed by atoms with van der Waals surface area (Å²) in [5, 5.41) is 8.30. The third kappa shape index (κ3) is 4.72. The lowest BCUT2D eigenvalue weighted by Crippen LogP contribution is -2.15. The van der Waals surface area contributed by atoms with E-state index in [1.807, 2.05) is 24.3 Å². The zero-order valence-electron chi connectivity index (χ0n) is 17.2. The molecule has 0 bridgehead atoms. The Kier molecular flexibility index (Phi) is 6.53. The topological polar surface area (TPSA) is 89.5 Å². The number of anilines is 1. The maximum absolute atomic E-state index is 12.6. The van der Waals surface area contributed by atoms with Crippen LogP contribution in [0.2, 0.25) is 0 Å². The molecule has 0 aliphatic rings. The first-order chi connectivity index (χ1) is 15.1. The highest BCUT2D eigenvalue weighted by Crippen LogP contribution is 2.30. The van der Waals surface area contributed by atoms with Gasteiger partial charge in [0.25, 0.3) is 11.5 Å². The average molecular weight is 455 g/mol. The number of para-hydroxylation sites is 1. The predicted octanol–water partition coefficient (Wildman–Crippen LogP) is 5.19. The molecule has 1 aromatic carbocycles. The van der Waals surface area contributed by atoms with E-state index >= 15 is 0 Å². The molecule has 1 amide bonds. The summed E-state index contributed by atoms with van der Waals surface area (Å²) >= 11 is 2.99. The molecule has 4 rings (SSSR count). The second-order valence-corrected chi connectivity index (χ2v) is 8.95. The van der Waals surface area contributed by atoms with Crippen LogP contribution in [-0.2, 0) is 5.75 Å². The molecule has 3 aromatic heterocycles. The Labute approximate surface area is 187 Å². The molecule has 0 spiro atoms. The van der Waals surface area contributed by atoms with Gasteiger partial charge < -0.3 is 9.73 Å². The monoisotopic (exact) mass is 454 g/mol. The molecule has 0 aliphatic heterocycles. The van der Waals surface area contributed by atoms with Crippen LogP contribution >= 0.6 is 23.1 Å². The molecule has 4 aromatic rings. The summed E-state index contributed by atoms with van der Waals surface area (Å²) in [5.41, 5.74) is 1.19. The van der Waals surface area contributed by atoms with Gasteiger partial charge in [-0.1, -0.05) is 37.3 Å². The summed E-state index contributed by atoms with van der Waals surface area (Å²) in [4.78, 5) is 31.0. The number of hydrogen-bond acceptors (Lipinski definition) is 7. The third-order valence-corrected chi connectivity index (χ3v) is 7.08. The fraction of sp³-hybridized carbons (Fsp3) is 0.273. The van der Waals surface area contributed by atoms with E-state index in [4.69, 9.17) is 4.42 Å². The van der Waals surface area contributed by atoms with Gasteiger partial charge in [0.2, 0.25) is 4.96 Å². The number of amides is 1. The van der Waals surface area contributed by atoms with Gasteiger partial charge in [-0.05, 0) is 37.1 Å². The summed E-state index contributed by atoms with van der Waals surface area (Å²) in [6.45, 7) is 4.25. The first-order valence-corrected chi connectivity index (χ1v) is 11.9. The van der Waals surface area contributed by atoms with E-state index in [0.717, 1.165) is 22.7 Å². The number of thioether (sulfide) groups is 1. The molecule has 31 heavy (non-hydrogen) atoms. The molecule has 0 unspecified atom stereocenters. The normalized spacial score (nSPS) is 11.3. The van der Waals surface area contributed by atoms with Crippen molar-refractivity contribution in [2.75, 3.05) is 5.32 Å². The first kappa shape index (κ1) is 21.3. The molecule has 1 N–H and O–H groups in total. The maximum Gasteiger partial charge on any atom is 0.291 e. The van der Waals surface area contributed by atoms with E-state index in [2.05, 4.69) is 29.2 Å². The minimum Gasteiger partial charge on any atom is -0.459 e. The summed E-state index contributed by atoms with van der Waals surface area (Å²) in [5.74, 6) is 0.777. The summed E-state index contributed by atoms with van der Waals surface area (Å²) in [6, 6.07) is 12.3. The fourth-order valence-corrected chi connectivity index (χ4v) is 5.28. The van der Waals surface area contributed by atoms with Crippen LogP contribution < -0.4 is 10.9 Å². The van der Waals surface area contributed by atoms with Crippen LogP contribution in [0.4, 0.5) is 5.69 Å². The van der Waals surface area contributed by atoms with Crippen molar-refractivity contribution in [3.63, 3.8) is 0 Å². The Hall–Kier alpha value is -2.91. The van der Waals surface area contributed by atoms with E-state index in [9.17, 15) is 9.59 Å². The lowest BCUT2D eigenvalue weighted by molar-refractivity contribution is 0.0996. The van der Waals surface area contributed by atoms with Gasteiger partial charge in [0.1, 0.15) is 5.01 Å². The Balaban J connectivity index is 1.53. The number of aromatic nitrogens is 3. The van der Waals surface area contributed by atoms with Crippen LogP contribution in [0, 0.1) is 0 Å². The van der Waals surface area contributed by atoms with Crippen molar-refractivity contribution in [1.29, 1.82) is 0 Å². The Morgan fingerprint density at radius 3 is 2.77 bits per heavy atom. The number of benzene rings is 1. The average Bonchev–Trinajstić information content (AvgIpc) is 3.45. The first-order valence-electron chi connectivity index (χ1n) is 10.1. The molecular formula is C22H22N4O3S2. The fourth-order valence-electron chi connectivity index (χ4n) is 3.19. The van der Waals surface area contributed by atoms with Crippen molar-refractivity contribution in [2.24, 2.45) is 0 Å². The lowest BCUT2D eigenvalue weighted by atomic mass is 10.1. The van der Waals surface area contributed by atoms with Crippen molar-refractivity contribution in [2.45, 2.75) is 43.3 Å². The number of nitrogens with zero attached hydrogens (tertiary/aromatic N) is 3.